The van der Waals surface area contributed by atoms with E-state index in [2.05, 4.69) is 10.3 Å². The van der Waals surface area contributed by atoms with Crippen LogP contribution in [-0.2, 0) is 0 Å². The molecule has 0 aliphatic heterocycles. The number of nitrogens with one attached hydrogen (secondary N) is 1. The first-order valence-corrected chi connectivity index (χ1v) is 6.29. The monoisotopic (exact) mass is 250 g/mol. The number of anilines is 1. The van der Waals surface area contributed by atoms with E-state index in [9.17, 15) is 9.18 Å². The summed E-state index contributed by atoms with van der Waals surface area (Å²) in [7, 11) is 0. The molecule has 1 aromatic heterocycles. The number of fused-ring (bicyclic) bond motifs is 2. The highest BCUT2D eigenvalue weighted by atomic mass is 19.1. The van der Waals surface area contributed by atoms with Crippen LogP contribution in [0.3, 0.4) is 0 Å². The van der Waals surface area contributed by atoms with Crippen LogP contribution in [0.2, 0.25) is 0 Å². The predicted octanol–water partition coefficient (Wildman–Crippen LogP) is 2.52. The van der Waals surface area contributed by atoms with Crippen molar-refractivity contribution in [2.24, 2.45) is 11.8 Å². The molecule has 2 bridgehead atoms. The summed E-state index contributed by atoms with van der Waals surface area (Å²) in [6.07, 6.45) is 5.84. The number of rotatable bonds is 3. The SMILES string of the molecule is O=C(O)c1cc(F)cnc1NC1CC2CCC1C2. The Bertz CT molecular complexity index is 492. The van der Waals surface area contributed by atoms with Crippen molar-refractivity contribution in [3.05, 3.63) is 23.6 Å². The summed E-state index contributed by atoms with van der Waals surface area (Å²) >= 11 is 0. The molecule has 0 amide bonds. The smallest absolute Gasteiger partial charge is 0.339 e. The normalized spacial score (nSPS) is 29.5. The third-order valence-electron chi connectivity index (χ3n) is 4.14. The second kappa shape index (κ2) is 4.23. The third-order valence-corrected chi connectivity index (χ3v) is 4.14. The van der Waals surface area contributed by atoms with Crippen LogP contribution in [0.5, 0.6) is 0 Å². The van der Waals surface area contributed by atoms with Crippen molar-refractivity contribution < 1.29 is 14.3 Å². The fraction of sp³-hybridized carbons (Fsp3) is 0.538. The first-order valence-electron chi connectivity index (χ1n) is 6.29. The fourth-order valence-corrected chi connectivity index (χ4v) is 3.31. The van der Waals surface area contributed by atoms with Gasteiger partial charge in [0.1, 0.15) is 17.2 Å². The molecule has 2 N–H and O–H groups in total. The molecule has 0 saturated heterocycles. The van der Waals surface area contributed by atoms with Gasteiger partial charge in [0, 0.05) is 6.04 Å². The van der Waals surface area contributed by atoms with Crippen molar-refractivity contribution in [3.63, 3.8) is 0 Å². The van der Waals surface area contributed by atoms with E-state index in [0.29, 0.717) is 17.8 Å². The summed E-state index contributed by atoms with van der Waals surface area (Å²) in [5.74, 6) is -0.0928. The molecular weight excluding hydrogens is 235 g/mol. The third kappa shape index (κ3) is 1.94. The van der Waals surface area contributed by atoms with Gasteiger partial charge in [0.25, 0.3) is 0 Å². The van der Waals surface area contributed by atoms with Crippen LogP contribution in [0.4, 0.5) is 10.2 Å². The van der Waals surface area contributed by atoms with Gasteiger partial charge in [0.15, 0.2) is 0 Å². The molecule has 5 heteroatoms. The Balaban J connectivity index is 1.82. The number of nitrogens with zero attached hydrogens (tertiary/aromatic N) is 1. The predicted molar refractivity (Wildman–Crippen MR) is 64.0 cm³/mol. The molecule has 0 spiro atoms. The maximum atomic E-state index is 13.0. The highest BCUT2D eigenvalue weighted by Crippen LogP contribution is 2.45. The second-order valence-corrected chi connectivity index (χ2v) is 5.28. The topological polar surface area (TPSA) is 62.2 Å². The number of aromatic nitrogens is 1. The molecule has 3 rings (SSSR count). The largest absolute Gasteiger partial charge is 0.478 e. The zero-order valence-electron chi connectivity index (χ0n) is 9.90. The van der Waals surface area contributed by atoms with Crippen LogP contribution in [0.15, 0.2) is 12.3 Å². The van der Waals surface area contributed by atoms with Crippen molar-refractivity contribution in [1.29, 1.82) is 0 Å². The molecule has 0 aromatic carbocycles. The van der Waals surface area contributed by atoms with Crippen molar-refractivity contribution >= 4 is 11.8 Å². The molecule has 18 heavy (non-hydrogen) atoms. The number of aromatic carboxylic acids is 1. The zero-order valence-corrected chi connectivity index (χ0v) is 9.90. The molecule has 3 atom stereocenters. The van der Waals surface area contributed by atoms with E-state index >= 15 is 0 Å². The highest BCUT2D eigenvalue weighted by molar-refractivity contribution is 5.93. The second-order valence-electron chi connectivity index (χ2n) is 5.28. The van der Waals surface area contributed by atoms with Gasteiger partial charge in [-0.25, -0.2) is 14.2 Å². The minimum absolute atomic E-state index is 0.0854. The van der Waals surface area contributed by atoms with Gasteiger partial charge in [0.2, 0.25) is 0 Å². The van der Waals surface area contributed by atoms with Gasteiger partial charge in [-0.2, -0.15) is 0 Å². The van der Waals surface area contributed by atoms with E-state index < -0.39 is 11.8 Å². The summed E-state index contributed by atoms with van der Waals surface area (Å²) in [5, 5.41) is 12.2. The quantitative estimate of drug-likeness (QED) is 0.865. The summed E-state index contributed by atoms with van der Waals surface area (Å²) in [5.41, 5.74) is -0.0854. The van der Waals surface area contributed by atoms with Crippen LogP contribution in [-0.4, -0.2) is 22.1 Å². The molecule has 1 aromatic rings. The van der Waals surface area contributed by atoms with E-state index in [-0.39, 0.29) is 5.56 Å². The Morgan fingerprint density at radius 3 is 2.89 bits per heavy atom. The maximum Gasteiger partial charge on any atom is 0.339 e. The molecule has 0 radical (unpaired) electrons. The van der Waals surface area contributed by atoms with Gasteiger partial charge in [-0.15, -0.1) is 0 Å². The van der Waals surface area contributed by atoms with E-state index in [4.69, 9.17) is 5.11 Å². The molecule has 2 fully saturated rings. The lowest BCUT2D eigenvalue weighted by Gasteiger charge is -2.24. The number of pyridine rings is 1. The first-order chi connectivity index (χ1) is 8.63. The Labute approximate surface area is 104 Å². The van der Waals surface area contributed by atoms with Gasteiger partial charge in [-0.3, -0.25) is 0 Å². The van der Waals surface area contributed by atoms with E-state index in [0.717, 1.165) is 24.6 Å². The Morgan fingerprint density at radius 1 is 1.44 bits per heavy atom. The summed E-state index contributed by atoms with van der Waals surface area (Å²) in [6.45, 7) is 0. The summed E-state index contributed by atoms with van der Waals surface area (Å²) in [6, 6.07) is 1.31. The number of hydrogen-bond acceptors (Lipinski definition) is 3. The van der Waals surface area contributed by atoms with E-state index in [1.54, 1.807) is 0 Å². The summed E-state index contributed by atoms with van der Waals surface area (Å²) < 4.78 is 13.0. The molecule has 2 aliphatic carbocycles. The maximum absolute atomic E-state index is 13.0. The van der Waals surface area contributed by atoms with Crippen LogP contribution in [0, 0.1) is 17.7 Å². The lowest BCUT2D eigenvalue weighted by atomic mass is 9.95. The van der Waals surface area contributed by atoms with Gasteiger partial charge in [-0.05, 0) is 37.2 Å². The minimum Gasteiger partial charge on any atom is -0.478 e. The Hall–Kier alpha value is -1.65. The number of hydrogen-bond donors (Lipinski definition) is 2. The molecular formula is C13H15FN2O2. The number of halogens is 1. The van der Waals surface area contributed by atoms with Gasteiger partial charge >= 0.3 is 5.97 Å². The lowest BCUT2D eigenvalue weighted by molar-refractivity contribution is 0.0697. The summed E-state index contributed by atoms with van der Waals surface area (Å²) in [4.78, 5) is 14.9. The van der Waals surface area contributed by atoms with Crippen LogP contribution in [0.25, 0.3) is 0 Å². The minimum atomic E-state index is -1.15. The first kappa shape index (κ1) is 11.4. The van der Waals surface area contributed by atoms with Crippen LogP contribution < -0.4 is 5.32 Å². The van der Waals surface area contributed by atoms with E-state index in [1.165, 1.54) is 19.3 Å². The van der Waals surface area contributed by atoms with Crippen molar-refractivity contribution in [3.8, 4) is 0 Å². The number of carbonyl (C=O) groups is 1. The molecule has 2 saturated carbocycles. The zero-order chi connectivity index (χ0) is 12.7. The molecule has 2 aliphatic rings. The average molecular weight is 250 g/mol. The van der Waals surface area contributed by atoms with Gasteiger partial charge in [-0.1, -0.05) is 6.42 Å². The molecule has 96 valence electrons. The van der Waals surface area contributed by atoms with Gasteiger partial charge in [0.05, 0.1) is 6.20 Å². The van der Waals surface area contributed by atoms with Gasteiger partial charge < -0.3 is 10.4 Å². The fourth-order valence-electron chi connectivity index (χ4n) is 3.31. The van der Waals surface area contributed by atoms with Crippen LogP contribution in [0.1, 0.15) is 36.0 Å². The van der Waals surface area contributed by atoms with E-state index in [1.807, 2.05) is 0 Å². The van der Waals surface area contributed by atoms with Crippen molar-refractivity contribution in [2.75, 3.05) is 5.32 Å². The van der Waals surface area contributed by atoms with Crippen molar-refractivity contribution in [2.45, 2.75) is 31.7 Å². The number of carboxylic acid groups (broad SMARTS) is 1. The molecule has 3 unspecified atom stereocenters. The molecule has 4 nitrogen and oxygen atoms in total. The van der Waals surface area contributed by atoms with Crippen molar-refractivity contribution in [1.82, 2.24) is 4.98 Å². The Morgan fingerprint density at radius 2 is 2.28 bits per heavy atom. The highest BCUT2D eigenvalue weighted by Gasteiger charge is 2.39. The molecule has 1 heterocycles. The average Bonchev–Trinajstić information content (AvgIpc) is 2.93. The number of carboxylic acids is 1. The van der Waals surface area contributed by atoms with Crippen LogP contribution >= 0.6 is 0 Å². The lowest BCUT2D eigenvalue weighted by Crippen LogP contribution is -2.27. The standard InChI is InChI=1S/C13H15FN2O2/c14-9-5-10(13(17)18)12(15-6-9)16-11-4-7-1-2-8(11)3-7/h5-8,11H,1-4H2,(H,15,16)(H,17,18). The Kier molecular flexibility index (Phi) is 2.69.